The van der Waals surface area contributed by atoms with Crippen LogP contribution in [-0.2, 0) is 4.79 Å². The maximum atomic E-state index is 12.8. The molecule has 0 aliphatic heterocycles. The molecule has 30 heavy (non-hydrogen) atoms. The van der Waals surface area contributed by atoms with Gasteiger partial charge in [-0.3, -0.25) is 9.59 Å². The molecule has 0 unspecified atom stereocenters. The van der Waals surface area contributed by atoms with E-state index in [1.807, 2.05) is 36.4 Å². The van der Waals surface area contributed by atoms with E-state index in [2.05, 4.69) is 24.5 Å². The highest BCUT2D eigenvalue weighted by molar-refractivity contribution is 6.04. The second-order valence-electron chi connectivity index (χ2n) is 8.33. The van der Waals surface area contributed by atoms with Gasteiger partial charge in [-0.25, -0.2) is 0 Å². The highest BCUT2D eigenvalue weighted by Gasteiger charge is 2.21. The molecule has 5 heteroatoms. The minimum Gasteiger partial charge on any atom is -0.481 e. The van der Waals surface area contributed by atoms with E-state index in [9.17, 15) is 9.59 Å². The highest BCUT2D eigenvalue weighted by Crippen LogP contribution is 2.22. The van der Waals surface area contributed by atoms with Crippen LogP contribution in [0.5, 0.6) is 5.75 Å². The zero-order chi connectivity index (χ0) is 21.5. The number of rotatable bonds is 7. The molecule has 0 aromatic heterocycles. The van der Waals surface area contributed by atoms with Crippen LogP contribution < -0.4 is 15.4 Å². The summed E-state index contributed by atoms with van der Waals surface area (Å²) in [4.78, 5) is 25.5. The minimum absolute atomic E-state index is 0.143. The summed E-state index contributed by atoms with van der Waals surface area (Å²) < 4.78 is 5.79. The van der Waals surface area contributed by atoms with Gasteiger partial charge in [-0.05, 0) is 55.5 Å². The Labute approximate surface area is 179 Å². The highest BCUT2D eigenvalue weighted by atomic mass is 16.5. The SMILES string of the molecule is CC(C)c1ccc(O[C@@H](C)C(=O)Nc2ccccc2C(=O)NC2CCCCC2)cc1. The van der Waals surface area contributed by atoms with Gasteiger partial charge in [0.25, 0.3) is 11.8 Å². The monoisotopic (exact) mass is 408 g/mol. The maximum absolute atomic E-state index is 12.8. The van der Waals surface area contributed by atoms with Gasteiger partial charge in [-0.1, -0.05) is 57.4 Å². The van der Waals surface area contributed by atoms with Crippen molar-refractivity contribution in [2.75, 3.05) is 5.32 Å². The van der Waals surface area contributed by atoms with Crippen LogP contribution in [0.3, 0.4) is 0 Å². The number of carbonyl (C=O) groups is 2. The van der Waals surface area contributed by atoms with Gasteiger partial charge in [0.2, 0.25) is 0 Å². The first-order chi connectivity index (χ1) is 14.4. The van der Waals surface area contributed by atoms with Gasteiger partial charge in [0.1, 0.15) is 5.75 Å². The van der Waals surface area contributed by atoms with Crippen molar-refractivity contribution in [2.45, 2.75) is 70.9 Å². The Morgan fingerprint density at radius 1 is 0.933 bits per heavy atom. The Morgan fingerprint density at radius 3 is 2.27 bits per heavy atom. The average Bonchev–Trinajstić information content (AvgIpc) is 2.75. The summed E-state index contributed by atoms with van der Waals surface area (Å²) in [6, 6.07) is 15.1. The number of ether oxygens (including phenoxy) is 1. The molecule has 5 nitrogen and oxygen atoms in total. The molecular formula is C25H32N2O3. The van der Waals surface area contributed by atoms with E-state index in [0.717, 1.165) is 25.7 Å². The molecule has 0 radical (unpaired) electrons. The van der Waals surface area contributed by atoms with Crippen molar-refractivity contribution in [2.24, 2.45) is 0 Å². The summed E-state index contributed by atoms with van der Waals surface area (Å²) in [7, 11) is 0. The Morgan fingerprint density at radius 2 is 1.60 bits per heavy atom. The fraction of sp³-hybridized carbons (Fsp3) is 0.440. The predicted molar refractivity (Wildman–Crippen MR) is 120 cm³/mol. The third kappa shape index (κ3) is 5.85. The predicted octanol–water partition coefficient (Wildman–Crippen LogP) is 5.28. The average molecular weight is 409 g/mol. The second-order valence-corrected chi connectivity index (χ2v) is 8.33. The number of benzene rings is 2. The molecule has 0 spiro atoms. The van der Waals surface area contributed by atoms with Gasteiger partial charge in [-0.2, -0.15) is 0 Å². The normalized spacial score (nSPS) is 15.5. The minimum atomic E-state index is -0.690. The number of hydrogen-bond donors (Lipinski definition) is 2. The van der Waals surface area contributed by atoms with E-state index in [0.29, 0.717) is 22.9 Å². The van der Waals surface area contributed by atoms with E-state index in [1.54, 1.807) is 19.1 Å². The Hall–Kier alpha value is -2.82. The molecular weight excluding hydrogens is 376 g/mol. The lowest BCUT2D eigenvalue weighted by Gasteiger charge is -2.23. The molecule has 2 aromatic carbocycles. The van der Waals surface area contributed by atoms with Gasteiger partial charge >= 0.3 is 0 Å². The molecule has 0 heterocycles. The molecule has 1 saturated carbocycles. The number of anilines is 1. The molecule has 3 rings (SSSR count). The zero-order valence-electron chi connectivity index (χ0n) is 18.1. The standard InChI is InChI=1S/C25H32N2O3/c1-17(2)19-13-15-21(16-14-19)30-18(3)24(28)27-23-12-8-7-11-22(23)25(29)26-20-9-5-4-6-10-20/h7-8,11-18,20H,4-6,9-10H2,1-3H3,(H,26,29)(H,27,28)/t18-/m0/s1. The van der Waals surface area contributed by atoms with Crippen LogP contribution in [0.1, 0.15) is 74.7 Å². The molecule has 1 atom stereocenters. The fourth-order valence-corrected chi connectivity index (χ4v) is 3.72. The Bertz CT molecular complexity index is 855. The van der Waals surface area contributed by atoms with E-state index < -0.39 is 6.10 Å². The van der Waals surface area contributed by atoms with E-state index in [-0.39, 0.29) is 17.9 Å². The van der Waals surface area contributed by atoms with Crippen molar-refractivity contribution in [1.29, 1.82) is 0 Å². The van der Waals surface area contributed by atoms with Gasteiger partial charge in [0.05, 0.1) is 11.3 Å². The van der Waals surface area contributed by atoms with E-state index in [4.69, 9.17) is 4.74 Å². The summed E-state index contributed by atoms with van der Waals surface area (Å²) in [5, 5.41) is 5.96. The number of amides is 2. The molecule has 1 fully saturated rings. The number of hydrogen-bond acceptors (Lipinski definition) is 3. The van der Waals surface area contributed by atoms with Crippen LogP contribution in [0.4, 0.5) is 5.69 Å². The first kappa shape index (κ1) is 21.9. The van der Waals surface area contributed by atoms with Crippen molar-refractivity contribution in [3.63, 3.8) is 0 Å². The Kier molecular flexibility index (Phi) is 7.50. The van der Waals surface area contributed by atoms with Gasteiger partial charge in [0.15, 0.2) is 6.10 Å². The first-order valence-corrected chi connectivity index (χ1v) is 10.9. The van der Waals surface area contributed by atoms with Crippen LogP contribution in [0.2, 0.25) is 0 Å². The summed E-state index contributed by atoms with van der Waals surface area (Å²) in [5.74, 6) is 0.651. The lowest BCUT2D eigenvalue weighted by molar-refractivity contribution is -0.122. The maximum Gasteiger partial charge on any atom is 0.265 e. The van der Waals surface area contributed by atoms with Crippen molar-refractivity contribution >= 4 is 17.5 Å². The fourth-order valence-electron chi connectivity index (χ4n) is 3.72. The molecule has 2 aromatic rings. The third-order valence-electron chi connectivity index (χ3n) is 5.60. The summed E-state index contributed by atoms with van der Waals surface area (Å²) in [6.45, 7) is 5.97. The molecule has 2 N–H and O–H groups in total. The molecule has 0 saturated heterocycles. The van der Waals surface area contributed by atoms with Crippen molar-refractivity contribution in [3.8, 4) is 5.75 Å². The summed E-state index contributed by atoms with van der Waals surface area (Å²) >= 11 is 0. The molecule has 1 aliphatic rings. The van der Waals surface area contributed by atoms with Gasteiger partial charge in [0, 0.05) is 6.04 Å². The van der Waals surface area contributed by atoms with Crippen LogP contribution in [0.15, 0.2) is 48.5 Å². The smallest absolute Gasteiger partial charge is 0.265 e. The van der Waals surface area contributed by atoms with Crippen LogP contribution in [-0.4, -0.2) is 24.0 Å². The van der Waals surface area contributed by atoms with Crippen molar-refractivity contribution < 1.29 is 14.3 Å². The first-order valence-electron chi connectivity index (χ1n) is 10.9. The molecule has 0 bridgehead atoms. The molecule has 160 valence electrons. The third-order valence-corrected chi connectivity index (χ3v) is 5.60. The van der Waals surface area contributed by atoms with Crippen molar-refractivity contribution in [3.05, 3.63) is 59.7 Å². The quantitative estimate of drug-likeness (QED) is 0.655. The van der Waals surface area contributed by atoms with E-state index >= 15 is 0 Å². The Balaban J connectivity index is 1.62. The van der Waals surface area contributed by atoms with E-state index in [1.165, 1.54) is 12.0 Å². The topological polar surface area (TPSA) is 67.4 Å². The second kappa shape index (κ2) is 10.3. The summed E-state index contributed by atoms with van der Waals surface area (Å²) in [5.41, 5.74) is 2.20. The zero-order valence-corrected chi connectivity index (χ0v) is 18.1. The van der Waals surface area contributed by atoms with Crippen molar-refractivity contribution in [1.82, 2.24) is 5.32 Å². The van der Waals surface area contributed by atoms with Crippen LogP contribution in [0.25, 0.3) is 0 Å². The van der Waals surface area contributed by atoms with Crippen LogP contribution >= 0.6 is 0 Å². The lowest BCUT2D eigenvalue weighted by Crippen LogP contribution is -2.37. The number of carbonyl (C=O) groups excluding carboxylic acids is 2. The number of para-hydroxylation sites is 1. The van der Waals surface area contributed by atoms with Crippen LogP contribution in [0, 0.1) is 0 Å². The summed E-state index contributed by atoms with van der Waals surface area (Å²) in [6.07, 6.45) is 4.87. The van der Waals surface area contributed by atoms with Gasteiger partial charge in [-0.15, -0.1) is 0 Å². The molecule has 2 amide bonds. The van der Waals surface area contributed by atoms with Gasteiger partial charge < -0.3 is 15.4 Å². The lowest BCUT2D eigenvalue weighted by atomic mass is 9.95. The largest absolute Gasteiger partial charge is 0.481 e. The number of nitrogens with one attached hydrogen (secondary N) is 2. The molecule has 1 aliphatic carbocycles.